The lowest BCUT2D eigenvalue weighted by Crippen LogP contribution is -2.41. The quantitative estimate of drug-likeness (QED) is 0.496. The lowest BCUT2D eigenvalue weighted by atomic mass is 10.0. The maximum Gasteiger partial charge on any atom is 0.337 e. The van der Waals surface area contributed by atoms with Crippen LogP contribution in [0.4, 0.5) is 15.9 Å². The summed E-state index contributed by atoms with van der Waals surface area (Å²) >= 11 is 0. The van der Waals surface area contributed by atoms with Crippen molar-refractivity contribution in [3.8, 4) is 0 Å². The Hall–Kier alpha value is -3.26. The first-order chi connectivity index (χ1) is 14.9. The lowest BCUT2D eigenvalue weighted by molar-refractivity contribution is -0.104. The molecule has 2 aromatic carbocycles. The predicted molar refractivity (Wildman–Crippen MR) is 118 cm³/mol. The molecule has 1 unspecified atom stereocenters. The van der Waals surface area contributed by atoms with Crippen LogP contribution in [0.3, 0.4) is 0 Å². The molecule has 1 N–H and O–H groups in total. The number of fused-ring (bicyclic) bond motifs is 1. The van der Waals surface area contributed by atoms with Crippen LogP contribution in [0.1, 0.15) is 28.9 Å². The third-order valence-corrected chi connectivity index (χ3v) is 5.50. The molecule has 31 heavy (non-hydrogen) atoms. The normalized spacial score (nSPS) is 15.7. The highest BCUT2D eigenvalue weighted by Gasteiger charge is 2.22. The van der Waals surface area contributed by atoms with Crippen molar-refractivity contribution in [1.29, 1.82) is 0 Å². The number of aromatic nitrogens is 2. The molecule has 7 nitrogen and oxygen atoms in total. The van der Waals surface area contributed by atoms with Gasteiger partial charge < -0.3 is 19.3 Å². The zero-order valence-corrected chi connectivity index (χ0v) is 17.9. The first-order valence-corrected chi connectivity index (χ1v) is 10.2. The highest BCUT2D eigenvalue weighted by molar-refractivity contribution is 5.95. The molecule has 1 aromatic heterocycles. The molecular formula is C23H26FN4O3+. The number of hydrogen-bond acceptors (Lipinski definition) is 6. The SMILES string of the molecule is COC(=O)c1cc(C(C)Nc2cccc(F)c2)c2nc(N3CC[O+](C)CC3)cnc2c1. The van der Waals surface area contributed by atoms with Gasteiger partial charge in [0.25, 0.3) is 0 Å². The standard InChI is InChI=1S/C23H26FN4O3/c1-15(26-18-6-4-5-17(24)13-18)19-11-16(23(29)30-2)12-20-22(19)27-21(14-25-20)28-7-9-31(3)10-8-28/h4-6,11-15,26H,7-10H2,1-3H3/q+1. The summed E-state index contributed by atoms with van der Waals surface area (Å²) in [5.74, 6) is 0.0367. The molecule has 1 fully saturated rings. The van der Waals surface area contributed by atoms with Gasteiger partial charge >= 0.3 is 5.97 Å². The molecule has 1 aliphatic heterocycles. The summed E-state index contributed by atoms with van der Waals surface area (Å²) in [6.45, 7) is 5.39. The van der Waals surface area contributed by atoms with E-state index in [0.29, 0.717) is 22.3 Å². The van der Waals surface area contributed by atoms with Crippen LogP contribution in [0.25, 0.3) is 11.0 Å². The predicted octanol–water partition coefficient (Wildman–Crippen LogP) is 3.73. The van der Waals surface area contributed by atoms with Gasteiger partial charge in [-0.1, -0.05) is 6.07 Å². The minimum atomic E-state index is -0.442. The molecule has 4 rings (SSSR count). The Bertz CT molecular complexity index is 1100. The second kappa shape index (κ2) is 8.85. The number of carbonyl (C=O) groups is 1. The molecule has 0 amide bonds. The van der Waals surface area contributed by atoms with E-state index >= 15 is 0 Å². The van der Waals surface area contributed by atoms with Crippen LogP contribution in [0, 0.1) is 5.82 Å². The number of hydrogen-bond donors (Lipinski definition) is 1. The van der Waals surface area contributed by atoms with E-state index in [4.69, 9.17) is 9.72 Å². The van der Waals surface area contributed by atoms with Crippen LogP contribution in [-0.2, 0) is 9.10 Å². The Morgan fingerprint density at radius 3 is 2.74 bits per heavy atom. The Labute approximate surface area is 180 Å². The zero-order valence-electron chi connectivity index (χ0n) is 17.9. The van der Waals surface area contributed by atoms with Crippen LogP contribution in [-0.4, -0.2) is 56.5 Å². The van der Waals surface area contributed by atoms with Crippen molar-refractivity contribution in [3.05, 3.63) is 59.5 Å². The van der Waals surface area contributed by atoms with Gasteiger partial charge in [-0.25, -0.2) is 14.2 Å². The van der Waals surface area contributed by atoms with E-state index in [2.05, 4.69) is 19.6 Å². The summed E-state index contributed by atoms with van der Waals surface area (Å²) in [6, 6.07) is 9.49. The van der Waals surface area contributed by atoms with Gasteiger partial charge in [0, 0.05) is 11.3 Å². The summed E-state index contributed by atoms with van der Waals surface area (Å²) in [5.41, 5.74) is 3.14. The molecule has 0 bridgehead atoms. The number of ether oxygens (including phenoxy) is 1. The molecular weight excluding hydrogens is 399 g/mol. The number of esters is 1. The van der Waals surface area contributed by atoms with E-state index < -0.39 is 5.97 Å². The second-order valence-electron chi connectivity index (χ2n) is 7.71. The van der Waals surface area contributed by atoms with E-state index in [-0.39, 0.29) is 11.9 Å². The minimum Gasteiger partial charge on any atom is -0.465 e. The van der Waals surface area contributed by atoms with Crippen molar-refractivity contribution >= 4 is 28.5 Å². The monoisotopic (exact) mass is 425 g/mol. The number of benzene rings is 2. The van der Waals surface area contributed by atoms with E-state index in [1.54, 1.807) is 30.5 Å². The Kier molecular flexibility index (Phi) is 5.99. The topological polar surface area (TPSA) is 70.1 Å². The number of nitrogens with zero attached hydrogens (tertiary/aromatic N) is 3. The van der Waals surface area contributed by atoms with Crippen molar-refractivity contribution in [2.45, 2.75) is 13.0 Å². The first kappa shape index (κ1) is 21.0. The Balaban J connectivity index is 1.75. The largest absolute Gasteiger partial charge is 0.465 e. The maximum absolute atomic E-state index is 13.6. The molecule has 8 heteroatoms. The van der Waals surface area contributed by atoms with Gasteiger partial charge in [0.15, 0.2) is 13.2 Å². The Morgan fingerprint density at radius 1 is 1.26 bits per heavy atom. The number of methoxy groups -OCH3 is 1. The van der Waals surface area contributed by atoms with E-state index in [0.717, 1.165) is 37.7 Å². The van der Waals surface area contributed by atoms with Crippen molar-refractivity contribution in [2.75, 3.05) is 50.7 Å². The van der Waals surface area contributed by atoms with E-state index in [1.165, 1.54) is 19.2 Å². The molecule has 0 spiro atoms. The third-order valence-electron chi connectivity index (χ3n) is 5.50. The van der Waals surface area contributed by atoms with Crippen LogP contribution >= 0.6 is 0 Å². The summed E-state index contributed by atoms with van der Waals surface area (Å²) in [7, 11) is 3.37. The molecule has 1 aliphatic rings. The number of rotatable bonds is 5. The zero-order chi connectivity index (χ0) is 22.0. The first-order valence-electron chi connectivity index (χ1n) is 10.2. The second-order valence-corrected chi connectivity index (χ2v) is 7.71. The molecule has 0 radical (unpaired) electrons. The van der Waals surface area contributed by atoms with Crippen molar-refractivity contribution in [2.24, 2.45) is 0 Å². The average molecular weight is 425 g/mol. The van der Waals surface area contributed by atoms with Crippen molar-refractivity contribution in [1.82, 2.24) is 9.97 Å². The maximum atomic E-state index is 13.6. The number of carbonyl (C=O) groups excluding carboxylic acids is 1. The summed E-state index contributed by atoms with van der Waals surface area (Å²) in [6.07, 6.45) is 1.74. The number of nitrogens with one attached hydrogen (secondary N) is 1. The van der Waals surface area contributed by atoms with E-state index in [9.17, 15) is 9.18 Å². The van der Waals surface area contributed by atoms with E-state index in [1.807, 2.05) is 14.0 Å². The average Bonchev–Trinajstić information content (AvgIpc) is 2.78. The van der Waals surface area contributed by atoms with Crippen LogP contribution in [0.15, 0.2) is 42.6 Å². The minimum absolute atomic E-state index is 0.249. The molecule has 2 heterocycles. The van der Waals surface area contributed by atoms with Crippen LogP contribution in [0.2, 0.25) is 0 Å². The molecule has 1 atom stereocenters. The smallest absolute Gasteiger partial charge is 0.337 e. The molecule has 0 aliphatic carbocycles. The fraction of sp³-hybridized carbons (Fsp3) is 0.348. The third kappa shape index (κ3) is 4.59. The molecule has 162 valence electrons. The number of morpholine rings is 1. The van der Waals surface area contributed by atoms with Gasteiger partial charge in [0.1, 0.15) is 18.7 Å². The van der Waals surface area contributed by atoms with Gasteiger partial charge in [0.2, 0.25) is 0 Å². The van der Waals surface area contributed by atoms with Gasteiger partial charge in [-0.15, -0.1) is 0 Å². The number of halogens is 1. The summed E-state index contributed by atoms with van der Waals surface area (Å²) in [4.78, 5) is 23.9. The van der Waals surface area contributed by atoms with Gasteiger partial charge in [-0.2, -0.15) is 0 Å². The summed E-state index contributed by atoms with van der Waals surface area (Å²) < 4.78 is 21.6. The molecule has 3 aromatic rings. The fourth-order valence-electron chi connectivity index (χ4n) is 3.73. The van der Waals surface area contributed by atoms with Crippen molar-refractivity contribution in [3.63, 3.8) is 0 Å². The number of anilines is 2. The Morgan fingerprint density at radius 2 is 2.03 bits per heavy atom. The van der Waals surface area contributed by atoms with Crippen LogP contribution in [0.5, 0.6) is 0 Å². The highest BCUT2D eigenvalue weighted by Crippen LogP contribution is 2.29. The van der Waals surface area contributed by atoms with Gasteiger partial charge in [-0.3, -0.25) is 4.98 Å². The molecule has 0 saturated carbocycles. The highest BCUT2D eigenvalue weighted by atomic mass is 19.1. The molecule has 1 saturated heterocycles. The van der Waals surface area contributed by atoms with Crippen LogP contribution < -0.4 is 10.2 Å². The van der Waals surface area contributed by atoms with Crippen molar-refractivity contribution < 1.29 is 18.3 Å². The summed E-state index contributed by atoms with van der Waals surface area (Å²) in [5, 5.41) is 3.30. The van der Waals surface area contributed by atoms with Gasteiger partial charge in [0.05, 0.1) is 49.0 Å². The lowest BCUT2D eigenvalue weighted by Gasteiger charge is -2.30. The van der Waals surface area contributed by atoms with Gasteiger partial charge in [-0.05, 0) is 37.3 Å². The fourth-order valence-corrected chi connectivity index (χ4v) is 3.73.